The van der Waals surface area contributed by atoms with Crippen LogP contribution in [0.1, 0.15) is 39.7 Å². The summed E-state index contributed by atoms with van der Waals surface area (Å²) in [5, 5.41) is 3.53. The normalized spacial score (nSPS) is 12.9. The first-order valence-electron chi connectivity index (χ1n) is 12.5. The molecule has 4 rings (SSSR count). The quantitative estimate of drug-likeness (QED) is 0.291. The number of hydrogen-bond donors (Lipinski definition) is 2. The summed E-state index contributed by atoms with van der Waals surface area (Å²) in [6, 6.07) is 16.4. The highest BCUT2D eigenvalue weighted by Crippen LogP contribution is 2.17. The molecule has 0 saturated heterocycles. The Bertz CT molecular complexity index is 1480. The van der Waals surface area contributed by atoms with Gasteiger partial charge in [-0.05, 0) is 66.8 Å². The molecule has 2 atom stereocenters. The van der Waals surface area contributed by atoms with E-state index in [1.54, 1.807) is 13.0 Å². The maximum absolute atomic E-state index is 13.7. The summed E-state index contributed by atoms with van der Waals surface area (Å²) in [7, 11) is 0. The molecule has 8 heteroatoms. The van der Waals surface area contributed by atoms with Gasteiger partial charge < -0.3 is 20.2 Å². The van der Waals surface area contributed by atoms with Crippen LogP contribution in [0.3, 0.4) is 0 Å². The summed E-state index contributed by atoms with van der Waals surface area (Å²) in [4.78, 5) is 25.5. The van der Waals surface area contributed by atoms with E-state index < -0.39 is 29.7 Å². The minimum absolute atomic E-state index is 0.0835. The van der Waals surface area contributed by atoms with Crippen LogP contribution in [0.15, 0.2) is 75.9 Å². The van der Waals surface area contributed by atoms with Gasteiger partial charge in [-0.3, -0.25) is 4.79 Å². The number of fused-ring (bicyclic) bond motifs is 1. The molecule has 38 heavy (non-hydrogen) atoms. The van der Waals surface area contributed by atoms with Crippen molar-refractivity contribution in [2.24, 2.45) is 5.73 Å². The number of aryl methyl sites for hydroxylation is 2. The van der Waals surface area contributed by atoms with E-state index >= 15 is 0 Å². The average Bonchev–Trinajstić information content (AvgIpc) is 2.87. The van der Waals surface area contributed by atoms with Gasteiger partial charge in [-0.1, -0.05) is 31.2 Å². The molecular weight excluding hydrogens is 490 g/mol. The van der Waals surface area contributed by atoms with Gasteiger partial charge in [0.15, 0.2) is 5.43 Å². The molecule has 0 aliphatic rings. The van der Waals surface area contributed by atoms with Crippen molar-refractivity contribution in [1.82, 2.24) is 5.32 Å². The van der Waals surface area contributed by atoms with Crippen molar-refractivity contribution in [3.05, 3.63) is 117 Å². The van der Waals surface area contributed by atoms with E-state index in [9.17, 15) is 18.4 Å². The lowest BCUT2D eigenvalue weighted by atomic mass is 10.0. The number of hydrogen-bond acceptors (Lipinski definition) is 6. The Morgan fingerprint density at radius 3 is 2.47 bits per heavy atom. The molecule has 198 valence electrons. The molecule has 1 aromatic heterocycles. The molecule has 2 unspecified atom stereocenters. The van der Waals surface area contributed by atoms with Gasteiger partial charge >= 0.3 is 5.97 Å². The van der Waals surface area contributed by atoms with Crippen LogP contribution in [-0.4, -0.2) is 24.7 Å². The van der Waals surface area contributed by atoms with Gasteiger partial charge in [-0.25, -0.2) is 13.6 Å². The van der Waals surface area contributed by atoms with Crippen LogP contribution in [0.25, 0.3) is 11.0 Å². The molecule has 0 saturated carbocycles. The third kappa shape index (κ3) is 6.90. The van der Waals surface area contributed by atoms with Crippen molar-refractivity contribution in [2.45, 2.75) is 45.4 Å². The van der Waals surface area contributed by atoms with Gasteiger partial charge in [-0.2, -0.15) is 0 Å². The van der Waals surface area contributed by atoms with E-state index in [0.717, 1.165) is 18.1 Å². The summed E-state index contributed by atoms with van der Waals surface area (Å²) in [5.74, 6) is -1.62. The number of carbonyl (C=O) groups is 1. The molecule has 0 aliphatic heterocycles. The van der Waals surface area contributed by atoms with Crippen LogP contribution < -0.4 is 16.5 Å². The molecule has 0 amide bonds. The Morgan fingerprint density at radius 1 is 1.00 bits per heavy atom. The SMILES string of the molecule is CCc1cccc(CNCC(OC(=O)c2ccc3oc(C)cc(=O)c3c2)C(N)Cc2cc(F)cc(F)c2)c1. The third-order valence-corrected chi connectivity index (χ3v) is 6.29. The second kappa shape index (κ2) is 12.1. The van der Waals surface area contributed by atoms with Crippen molar-refractivity contribution in [3.63, 3.8) is 0 Å². The lowest BCUT2D eigenvalue weighted by Crippen LogP contribution is -2.46. The Labute approximate surface area is 219 Å². The number of halogens is 2. The molecule has 6 nitrogen and oxygen atoms in total. The van der Waals surface area contributed by atoms with Gasteiger partial charge in [0.2, 0.25) is 0 Å². The Kier molecular flexibility index (Phi) is 8.66. The molecule has 0 radical (unpaired) electrons. The first kappa shape index (κ1) is 27.2. The standard InChI is InChI=1S/C30H30F2N2O4/c1-3-19-5-4-6-20(10-19)16-34-17-29(26(33)13-21-11-23(31)15-24(32)12-21)38-30(36)22-7-8-28-25(14-22)27(35)9-18(2)37-28/h4-12,14-15,26,29,34H,3,13,16-17,33H2,1-2H3. The molecule has 0 bridgehead atoms. The molecule has 4 aromatic rings. The number of nitrogens with two attached hydrogens (primary N) is 1. The maximum Gasteiger partial charge on any atom is 0.338 e. The van der Waals surface area contributed by atoms with Crippen molar-refractivity contribution < 1.29 is 22.7 Å². The van der Waals surface area contributed by atoms with Gasteiger partial charge in [0, 0.05) is 31.3 Å². The summed E-state index contributed by atoms with van der Waals surface area (Å²) in [6.07, 6.45) is 0.167. The monoisotopic (exact) mass is 520 g/mol. The van der Waals surface area contributed by atoms with Crippen molar-refractivity contribution in [3.8, 4) is 0 Å². The van der Waals surface area contributed by atoms with Gasteiger partial charge in [0.05, 0.1) is 10.9 Å². The fourth-order valence-electron chi connectivity index (χ4n) is 4.34. The largest absolute Gasteiger partial charge is 0.461 e. The van der Waals surface area contributed by atoms with E-state index in [-0.39, 0.29) is 29.3 Å². The molecule has 3 aromatic carbocycles. The van der Waals surface area contributed by atoms with Crippen LogP contribution in [0.2, 0.25) is 0 Å². The minimum atomic E-state index is -0.826. The van der Waals surface area contributed by atoms with Crippen LogP contribution in [-0.2, 0) is 24.1 Å². The Morgan fingerprint density at radius 2 is 1.74 bits per heavy atom. The van der Waals surface area contributed by atoms with Crippen LogP contribution >= 0.6 is 0 Å². The van der Waals surface area contributed by atoms with Crippen molar-refractivity contribution in [1.29, 1.82) is 0 Å². The molecular formula is C30H30F2N2O4. The summed E-state index contributed by atoms with van der Waals surface area (Å²) < 4.78 is 38.8. The second-order valence-electron chi connectivity index (χ2n) is 9.33. The minimum Gasteiger partial charge on any atom is -0.461 e. The Hall–Kier alpha value is -3.88. The summed E-state index contributed by atoms with van der Waals surface area (Å²) in [5.41, 5.74) is 9.28. The van der Waals surface area contributed by atoms with E-state index in [0.29, 0.717) is 23.5 Å². The summed E-state index contributed by atoms with van der Waals surface area (Å²) in [6.45, 7) is 4.47. The highest BCUT2D eigenvalue weighted by atomic mass is 19.1. The lowest BCUT2D eigenvalue weighted by molar-refractivity contribution is 0.0238. The number of nitrogens with one attached hydrogen (secondary N) is 1. The third-order valence-electron chi connectivity index (χ3n) is 6.29. The molecule has 0 fully saturated rings. The van der Waals surface area contributed by atoms with E-state index in [1.165, 1.54) is 35.9 Å². The number of benzene rings is 3. The second-order valence-corrected chi connectivity index (χ2v) is 9.33. The zero-order valence-electron chi connectivity index (χ0n) is 21.3. The van der Waals surface area contributed by atoms with Gasteiger partial charge in [0.1, 0.15) is 29.1 Å². The van der Waals surface area contributed by atoms with Crippen molar-refractivity contribution >= 4 is 16.9 Å². The number of rotatable bonds is 10. The highest BCUT2D eigenvalue weighted by Gasteiger charge is 2.24. The molecule has 0 aliphatic carbocycles. The summed E-state index contributed by atoms with van der Waals surface area (Å²) >= 11 is 0. The van der Waals surface area contributed by atoms with Crippen LogP contribution in [0, 0.1) is 18.6 Å². The average molecular weight is 521 g/mol. The van der Waals surface area contributed by atoms with Crippen LogP contribution in [0.5, 0.6) is 0 Å². The number of ether oxygens (including phenoxy) is 1. The van der Waals surface area contributed by atoms with E-state index in [4.69, 9.17) is 14.9 Å². The van der Waals surface area contributed by atoms with Gasteiger partial charge in [-0.15, -0.1) is 0 Å². The molecule has 0 spiro atoms. The lowest BCUT2D eigenvalue weighted by Gasteiger charge is -2.25. The number of carbonyl (C=O) groups excluding carboxylic acids is 1. The fourth-order valence-corrected chi connectivity index (χ4v) is 4.34. The molecule has 1 heterocycles. The highest BCUT2D eigenvalue weighted by molar-refractivity contribution is 5.94. The van der Waals surface area contributed by atoms with Crippen molar-refractivity contribution in [2.75, 3.05) is 6.54 Å². The number of esters is 1. The Balaban J connectivity index is 1.53. The van der Waals surface area contributed by atoms with E-state index in [2.05, 4.69) is 18.3 Å². The molecule has 3 N–H and O–H groups in total. The zero-order valence-corrected chi connectivity index (χ0v) is 21.3. The smallest absolute Gasteiger partial charge is 0.338 e. The zero-order chi connectivity index (χ0) is 27.2. The fraction of sp³-hybridized carbons (Fsp3) is 0.267. The first-order chi connectivity index (χ1) is 18.2. The first-order valence-corrected chi connectivity index (χ1v) is 12.5. The predicted octanol–water partition coefficient (Wildman–Crippen LogP) is 4.83. The topological polar surface area (TPSA) is 94.6 Å². The van der Waals surface area contributed by atoms with Crippen LogP contribution in [0.4, 0.5) is 8.78 Å². The maximum atomic E-state index is 13.7. The van der Waals surface area contributed by atoms with Gasteiger partial charge in [0.25, 0.3) is 0 Å². The predicted molar refractivity (Wildman–Crippen MR) is 142 cm³/mol. The van der Waals surface area contributed by atoms with E-state index in [1.807, 2.05) is 18.2 Å².